The average molecular weight is 389 g/mol. The summed E-state index contributed by atoms with van der Waals surface area (Å²) in [4.78, 5) is 0. The maximum Gasteiger partial charge on any atom is 0.335 e. The Morgan fingerprint density at radius 3 is 2.21 bits per heavy atom. The van der Waals surface area contributed by atoms with E-state index in [-0.39, 0.29) is 10.4 Å². The van der Waals surface area contributed by atoms with Gasteiger partial charge in [-0.15, -0.1) is 11.3 Å². The molecule has 1 heterocycles. The van der Waals surface area contributed by atoms with Crippen LogP contribution in [0.5, 0.6) is 0 Å². The molecule has 0 amide bonds. The summed E-state index contributed by atoms with van der Waals surface area (Å²) < 4.78 is 50.1. The molecule has 1 N–H and O–H groups in total. The number of sulfonamides is 1. The Morgan fingerprint density at radius 2 is 1.71 bits per heavy atom. The first-order valence-electron chi connectivity index (χ1n) is 7.42. The topological polar surface area (TPSA) is 81.7 Å². The molecule has 0 saturated heterocycles. The van der Waals surface area contributed by atoms with Crippen LogP contribution in [-0.2, 0) is 29.8 Å². The number of hydrogen-bond acceptors (Lipinski definition) is 6. The molecule has 0 fully saturated rings. The van der Waals surface area contributed by atoms with E-state index in [1.165, 1.54) is 0 Å². The standard InChI is InChI=1S/C15H20NO5PS2/c1-3-20-22(17,21-4-2)12-13-7-9-14(10-8-13)16-24(18,19)15-6-5-11-23-15/h5-11,16H,3-4,12H2,1-2H3. The zero-order chi connectivity index (χ0) is 17.6. The van der Waals surface area contributed by atoms with E-state index in [0.29, 0.717) is 18.9 Å². The fraction of sp³-hybridized carbons (Fsp3) is 0.333. The van der Waals surface area contributed by atoms with E-state index in [1.54, 1.807) is 55.6 Å². The zero-order valence-corrected chi connectivity index (χ0v) is 16.0. The Morgan fingerprint density at radius 1 is 1.08 bits per heavy atom. The van der Waals surface area contributed by atoms with E-state index < -0.39 is 17.6 Å². The third-order valence-electron chi connectivity index (χ3n) is 2.99. The Kier molecular flexibility index (Phi) is 6.60. The van der Waals surface area contributed by atoms with Crippen LogP contribution in [0.4, 0.5) is 5.69 Å². The molecule has 0 bridgehead atoms. The fourth-order valence-electron chi connectivity index (χ4n) is 2.05. The van der Waals surface area contributed by atoms with Crippen molar-refractivity contribution in [2.24, 2.45) is 0 Å². The Balaban J connectivity index is 2.09. The number of hydrogen-bond donors (Lipinski definition) is 1. The van der Waals surface area contributed by atoms with Gasteiger partial charge in [0.15, 0.2) is 0 Å². The summed E-state index contributed by atoms with van der Waals surface area (Å²) in [6.07, 6.45) is 0.145. The van der Waals surface area contributed by atoms with E-state index in [4.69, 9.17) is 9.05 Å². The predicted octanol–water partition coefficient (Wildman–Crippen LogP) is 4.32. The highest BCUT2D eigenvalue weighted by Crippen LogP contribution is 2.51. The van der Waals surface area contributed by atoms with Crippen LogP contribution in [0.1, 0.15) is 19.4 Å². The lowest BCUT2D eigenvalue weighted by molar-refractivity contribution is 0.219. The molecule has 0 aliphatic rings. The molecule has 2 aromatic rings. The summed E-state index contributed by atoms with van der Waals surface area (Å²) in [5.74, 6) is 0. The van der Waals surface area contributed by atoms with Gasteiger partial charge >= 0.3 is 7.60 Å². The molecule has 0 aliphatic carbocycles. The maximum absolute atomic E-state index is 12.5. The molecule has 0 radical (unpaired) electrons. The summed E-state index contributed by atoms with van der Waals surface area (Å²) in [5.41, 5.74) is 1.19. The lowest BCUT2D eigenvalue weighted by Crippen LogP contribution is -2.11. The number of anilines is 1. The molecular weight excluding hydrogens is 369 g/mol. The first kappa shape index (κ1) is 19.1. The summed E-state index contributed by atoms with van der Waals surface area (Å²) in [6, 6.07) is 9.89. The number of nitrogens with one attached hydrogen (secondary N) is 1. The fourth-order valence-corrected chi connectivity index (χ4v) is 5.80. The summed E-state index contributed by atoms with van der Waals surface area (Å²) in [7, 11) is -6.74. The molecule has 0 unspecified atom stereocenters. The summed E-state index contributed by atoms with van der Waals surface area (Å²) in [5, 5.41) is 1.71. The lowest BCUT2D eigenvalue weighted by Gasteiger charge is -2.17. The second-order valence-corrected chi connectivity index (χ2v) is 9.75. The quantitative estimate of drug-likeness (QED) is 0.646. The molecule has 9 heteroatoms. The molecule has 6 nitrogen and oxygen atoms in total. The van der Waals surface area contributed by atoms with Gasteiger partial charge in [-0.05, 0) is 43.0 Å². The average Bonchev–Trinajstić information content (AvgIpc) is 3.04. The van der Waals surface area contributed by atoms with E-state index >= 15 is 0 Å². The monoisotopic (exact) mass is 389 g/mol. The summed E-state index contributed by atoms with van der Waals surface area (Å²) >= 11 is 1.15. The van der Waals surface area contributed by atoms with Gasteiger partial charge in [0, 0.05) is 5.69 Å². The van der Waals surface area contributed by atoms with Crippen LogP contribution < -0.4 is 4.72 Å². The van der Waals surface area contributed by atoms with Crippen molar-refractivity contribution < 1.29 is 22.0 Å². The van der Waals surface area contributed by atoms with E-state index in [9.17, 15) is 13.0 Å². The van der Waals surface area contributed by atoms with Crippen molar-refractivity contribution in [1.29, 1.82) is 0 Å². The number of rotatable bonds is 9. The van der Waals surface area contributed by atoms with Gasteiger partial charge in [-0.1, -0.05) is 18.2 Å². The predicted molar refractivity (Wildman–Crippen MR) is 96.1 cm³/mol. The normalized spacial score (nSPS) is 12.2. The molecule has 2 rings (SSSR count). The van der Waals surface area contributed by atoms with Crippen LogP contribution in [-0.4, -0.2) is 21.6 Å². The molecule has 0 spiro atoms. The highest BCUT2D eigenvalue weighted by Gasteiger charge is 2.24. The minimum atomic E-state index is -3.57. The van der Waals surface area contributed by atoms with Crippen molar-refractivity contribution in [2.45, 2.75) is 24.2 Å². The zero-order valence-electron chi connectivity index (χ0n) is 13.5. The van der Waals surface area contributed by atoms with Gasteiger partial charge in [0.05, 0.1) is 19.4 Å². The van der Waals surface area contributed by atoms with E-state index in [0.717, 1.165) is 16.9 Å². The van der Waals surface area contributed by atoms with Gasteiger partial charge in [0.1, 0.15) is 4.21 Å². The van der Waals surface area contributed by atoms with Crippen LogP contribution >= 0.6 is 18.9 Å². The molecular formula is C15H20NO5PS2. The number of thiophene rings is 1. The highest BCUT2D eigenvalue weighted by atomic mass is 32.2. The number of benzene rings is 1. The van der Waals surface area contributed by atoms with Crippen molar-refractivity contribution >= 4 is 34.6 Å². The van der Waals surface area contributed by atoms with Gasteiger partial charge in [0.2, 0.25) is 0 Å². The van der Waals surface area contributed by atoms with Crippen LogP contribution in [0.15, 0.2) is 46.0 Å². The highest BCUT2D eigenvalue weighted by molar-refractivity contribution is 7.94. The Bertz CT molecular complexity index is 778. The van der Waals surface area contributed by atoms with Crippen molar-refractivity contribution in [2.75, 3.05) is 17.9 Å². The van der Waals surface area contributed by atoms with Crippen molar-refractivity contribution in [3.8, 4) is 0 Å². The summed E-state index contributed by atoms with van der Waals surface area (Å²) in [6.45, 7) is 4.12. The third-order valence-corrected chi connectivity index (χ3v) is 7.83. The molecule has 0 aliphatic heterocycles. The molecule has 1 aromatic carbocycles. The van der Waals surface area contributed by atoms with Crippen LogP contribution in [0.25, 0.3) is 0 Å². The smallest absolute Gasteiger partial charge is 0.309 e. The first-order chi connectivity index (χ1) is 11.4. The molecule has 1 aromatic heterocycles. The van der Waals surface area contributed by atoms with Gasteiger partial charge < -0.3 is 9.05 Å². The second-order valence-electron chi connectivity index (χ2n) is 4.84. The van der Waals surface area contributed by atoms with Crippen LogP contribution in [0, 0.1) is 0 Å². The minimum absolute atomic E-state index is 0.145. The molecule has 132 valence electrons. The van der Waals surface area contributed by atoms with E-state index in [1.807, 2.05) is 0 Å². The Hall–Kier alpha value is -1.18. The first-order valence-corrected chi connectivity index (χ1v) is 11.5. The molecule has 24 heavy (non-hydrogen) atoms. The third kappa shape index (κ3) is 5.16. The maximum atomic E-state index is 12.5. The van der Waals surface area contributed by atoms with Gasteiger partial charge in [-0.25, -0.2) is 8.42 Å². The van der Waals surface area contributed by atoms with Crippen LogP contribution in [0.2, 0.25) is 0 Å². The SMILES string of the molecule is CCOP(=O)(Cc1ccc(NS(=O)(=O)c2cccs2)cc1)OCC. The van der Waals surface area contributed by atoms with Gasteiger partial charge in [-0.2, -0.15) is 0 Å². The van der Waals surface area contributed by atoms with Gasteiger partial charge in [-0.3, -0.25) is 9.29 Å². The minimum Gasteiger partial charge on any atom is -0.309 e. The molecule has 0 atom stereocenters. The van der Waals surface area contributed by atoms with Crippen molar-refractivity contribution in [3.05, 3.63) is 47.3 Å². The lowest BCUT2D eigenvalue weighted by atomic mass is 10.2. The van der Waals surface area contributed by atoms with Crippen molar-refractivity contribution in [1.82, 2.24) is 0 Å². The van der Waals surface area contributed by atoms with Gasteiger partial charge in [0.25, 0.3) is 10.0 Å². The second kappa shape index (κ2) is 8.27. The molecule has 0 saturated carbocycles. The largest absolute Gasteiger partial charge is 0.335 e. The van der Waals surface area contributed by atoms with Crippen molar-refractivity contribution in [3.63, 3.8) is 0 Å². The van der Waals surface area contributed by atoms with Crippen LogP contribution in [0.3, 0.4) is 0 Å². The Labute approximate surface area is 146 Å². The van der Waals surface area contributed by atoms with E-state index in [2.05, 4.69) is 4.72 Å².